The highest BCUT2D eigenvalue weighted by atomic mass is 19.4. The first-order valence-electron chi connectivity index (χ1n) is 4.57. The summed E-state index contributed by atoms with van der Waals surface area (Å²) in [5, 5.41) is 0. The van der Waals surface area contributed by atoms with E-state index < -0.39 is 41.4 Å². The third-order valence-corrected chi connectivity index (χ3v) is 2.11. The van der Waals surface area contributed by atoms with Crippen LogP contribution in [0.2, 0.25) is 0 Å². The van der Waals surface area contributed by atoms with Crippen molar-refractivity contribution in [3.63, 3.8) is 0 Å². The van der Waals surface area contributed by atoms with Crippen molar-refractivity contribution in [1.82, 2.24) is 0 Å². The average Bonchev–Trinajstić information content (AvgIpc) is 2.13. The van der Waals surface area contributed by atoms with Crippen molar-refractivity contribution < 1.29 is 31.1 Å². The van der Waals surface area contributed by atoms with E-state index in [0.717, 1.165) is 0 Å². The third-order valence-electron chi connectivity index (χ3n) is 2.11. The standard InChI is InChI=1S/C10H7F6NO/c11-9(12,13)6-2-1-5(3-8(17)18)7(4-6)10(14,15)16/h1-2,4H,3H2,(H2,17,18). The molecule has 0 aromatic heterocycles. The van der Waals surface area contributed by atoms with E-state index in [0.29, 0.717) is 12.1 Å². The molecular weight excluding hydrogens is 264 g/mol. The fourth-order valence-electron chi connectivity index (χ4n) is 1.36. The minimum Gasteiger partial charge on any atom is -0.369 e. The molecule has 100 valence electrons. The number of hydrogen-bond acceptors (Lipinski definition) is 1. The summed E-state index contributed by atoms with van der Waals surface area (Å²) >= 11 is 0. The van der Waals surface area contributed by atoms with Crippen molar-refractivity contribution >= 4 is 5.91 Å². The van der Waals surface area contributed by atoms with Crippen molar-refractivity contribution in [3.8, 4) is 0 Å². The molecule has 1 aromatic carbocycles. The second-order valence-corrected chi connectivity index (χ2v) is 3.51. The summed E-state index contributed by atoms with van der Waals surface area (Å²) < 4.78 is 74.5. The first kappa shape index (κ1) is 14.3. The van der Waals surface area contributed by atoms with E-state index in [-0.39, 0.29) is 6.07 Å². The Bertz CT molecular complexity index is 462. The normalized spacial score (nSPS) is 12.6. The zero-order valence-corrected chi connectivity index (χ0v) is 8.69. The molecule has 0 aliphatic rings. The quantitative estimate of drug-likeness (QED) is 0.826. The molecule has 0 fully saturated rings. The molecular formula is C10H7F6NO. The molecule has 1 aromatic rings. The second kappa shape index (κ2) is 4.51. The molecule has 0 heterocycles. The van der Waals surface area contributed by atoms with Crippen LogP contribution < -0.4 is 5.73 Å². The number of primary amides is 1. The van der Waals surface area contributed by atoms with Gasteiger partial charge in [-0.2, -0.15) is 26.3 Å². The van der Waals surface area contributed by atoms with Gasteiger partial charge in [-0.1, -0.05) is 6.07 Å². The summed E-state index contributed by atoms with van der Waals surface area (Å²) in [7, 11) is 0. The van der Waals surface area contributed by atoms with Crippen LogP contribution in [0.5, 0.6) is 0 Å². The first-order valence-corrected chi connectivity index (χ1v) is 4.57. The molecule has 0 aliphatic carbocycles. The molecule has 0 atom stereocenters. The number of carbonyl (C=O) groups is 1. The monoisotopic (exact) mass is 271 g/mol. The lowest BCUT2D eigenvalue weighted by Crippen LogP contribution is -2.19. The van der Waals surface area contributed by atoms with Crippen LogP contribution in [0, 0.1) is 0 Å². The maximum atomic E-state index is 12.5. The predicted octanol–water partition coefficient (Wildman–Crippen LogP) is 2.75. The Morgan fingerprint density at radius 3 is 2.00 bits per heavy atom. The summed E-state index contributed by atoms with van der Waals surface area (Å²) in [5.41, 5.74) is 1.22. The van der Waals surface area contributed by atoms with Gasteiger partial charge in [0, 0.05) is 0 Å². The van der Waals surface area contributed by atoms with Crippen LogP contribution in [0.4, 0.5) is 26.3 Å². The smallest absolute Gasteiger partial charge is 0.369 e. The minimum atomic E-state index is -4.98. The zero-order chi connectivity index (χ0) is 14.1. The fraction of sp³-hybridized carbons (Fsp3) is 0.300. The molecule has 2 nitrogen and oxygen atoms in total. The van der Waals surface area contributed by atoms with Gasteiger partial charge in [0.1, 0.15) is 0 Å². The van der Waals surface area contributed by atoms with Gasteiger partial charge in [-0.3, -0.25) is 4.79 Å². The lowest BCUT2D eigenvalue weighted by molar-refractivity contribution is -0.143. The Labute approximate surface area is 97.4 Å². The minimum absolute atomic E-state index is 0.0295. The lowest BCUT2D eigenvalue weighted by atomic mass is 10.0. The summed E-state index contributed by atoms with van der Waals surface area (Å²) in [6.07, 6.45) is -10.6. The summed E-state index contributed by atoms with van der Waals surface area (Å²) in [5.74, 6) is -1.06. The van der Waals surface area contributed by atoms with E-state index in [1.165, 1.54) is 0 Å². The van der Waals surface area contributed by atoms with Crippen molar-refractivity contribution in [3.05, 3.63) is 34.9 Å². The summed E-state index contributed by atoms with van der Waals surface area (Å²) in [4.78, 5) is 10.6. The lowest BCUT2D eigenvalue weighted by Gasteiger charge is -2.15. The molecule has 2 N–H and O–H groups in total. The van der Waals surface area contributed by atoms with Crippen LogP contribution in [0.25, 0.3) is 0 Å². The molecule has 0 bridgehead atoms. The number of amides is 1. The van der Waals surface area contributed by atoms with Gasteiger partial charge in [0.15, 0.2) is 0 Å². The van der Waals surface area contributed by atoms with Crippen molar-refractivity contribution in [2.75, 3.05) is 0 Å². The molecule has 8 heteroatoms. The van der Waals surface area contributed by atoms with Gasteiger partial charge in [-0.25, -0.2) is 0 Å². The summed E-state index contributed by atoms with van der Waals surface area (Å²) in [6.45, 7) is 0. The van der Waals surface area contributed by atoms with Crippen molar-refractivity contribution in [2.45, 2.75) is 18.8 Å². The Kier molecular flexibility index (Phi) is 3.59. The van der Waals surface area contributed by atoms with Gasteiger partial charge < -0.3 is 5.73 Å². The number of nitrogens with two attached hydrogens (primary N) is 1. The van der Waals surface area contributed by atoms with Crippen LogP contribution >= 0.6 is 0 Å². The van der Waals surface area contributed by atoms with E-state index >= 15 is 0 Å². The van der Waals surface area contributed by atoms with E-state index in [1.54, 1.807) is 0 Å². The van der Waals surface area contributed by atoms with Crippen LogP contribution in [-0.4, -0.2) is 5.91 Å². The number of hydrogen-bond donors (Lipinski definition) is 1. The maximum absolute atomic E-state index is 12.5. The van der Waals surface area contributed by atoms with Crippen molar-refractivity contribution in [2.24, 2.45) is 5.73 Å². The molecule has 18 heavy (non-hydrogen) atoms. The Balaban J connectivity index is 3.34. The van der Waals surface area contributed by atoms with Gasteiger partial charge in [-0.15, -0.1) is 0 Å². The molecule has 0 unspecified atom stereocenters. The average molecular weight is 271 g/mol. The molecule has 0 saturated heterocycles. The number of rotatable bonds is 2. The first-order chi connectivity index (χ1) is 8.01. The Morgan fingerprint density at radius 2 is 1.61 bits per heavy atom. The maximum Gasteiger partial charge on any atom is 0.416 e. The highest BCUT2D eigenvalue weighted by Crippen LogP contribution is 2.37. The third kappa shape index (κ3) is 3.38. The Hall–Kier alpha value is -1.73. The highest BCUT2D eigenvalue weighted by Gasteiger charge is 2.38. The zero-order valence-electron chi connectivity index (χ0n) is 8.69. The van der Waals surface area contributed by atoms with Gasteiger partial charge in [-0.05, 0) is 17.7 Å². The topological polar surface area (TPSA) is 43.1 Å². The number of halogens is 6. The van der Waals surface area contributed by atoms with Gasteiger partial charge in [0.05, 0.1) is 17.5 Å². The van der Waals surface area contributed by atoms with E-state index in [2.05, 4.69) is 0 Å². The van der Waals surface area contributed by atoms with E-state index in [9.17, 15) is 31.1 Å². The van der Waals surface area contributed by atoms with Crippen LogP contribution in [0.3, 0.4) is 0 Å². The number of alkyl halides is 6. The molecule has 1 rings (SSSR count). The van der Waals surface area contributed by atoms with E-state index in [1.807, 2.05) is 0 Å². The SMILES string of the molecule is NC(=O)Cc1ccc(C(F)(F)F)cc1C(F)(F)F. The fourth-order valence-corrected chi connectivity index (χ4v) is 1.36. The number of carbonyl (C=O) groups excluding carboxylic acids is 1. The van der Waals surface area contributed by atoms with Gasteiger partial charge >= 0.3 is 12.4 Å². The number of benzene rings is 1. The molecule has 0 saturated carbocycles. The van der Waals surface area contributed by atoms with Gasteiger partial charge in [0.2, 0.25) is 5.91 Å². The Morgan fingerprint density at radius 1 is 1.06 bits per heavy atom. The van der Waals surface area contributed by atoms with Gasteiger partial charge in [0.25, 0.3) is 0 Å². The van der Waals surface area contributed by atoms with Crippen LogP contribution in [0.15, 0.2) is 18.2 Å². The molecule has 0 spiro atoms. The van der Waals surface area contributed by atoms with Crippen LogP contribution in [-0.2, 0) is 23.6 Å². The van der Waals surface area contributed by atoms with E-state index in [4.69, 9.17) is 5.73 Å². The largest absolute Gasteiger partial charge is 0.416 e. The predicted molar refractivity (Wildman–Crippen MR) is 49.3 cm³/mol. The van der Waals surface area contributed by atoms with Crippen molar-refractivity contribution in [1.29, 1.82) is 0 Å². The highest BCUT2D eigenvalue weighted by molar-refractivity contribution is 5.77. The molecule has 1 amide bonds. The molecule has 0 aliphatic heterocycles. The molecule has 0 radical (unpaired) electrons. The van der Waals surface area contributed by atoms with Crippen LogP contribution in [0.1, 0.15) is 16.7 Å². The second-order valence-electron chi connectivity index (χ2n) is 3.51. The summed E-state index contributed by atoms with van der Waals surface area (Å²) in [6, 6.07) is 1.06.